The number of hydrogen-bond acceptors (Lipinski definition) is 2. The van der Waals surface area contributed by atoms with Gasteiger partial charge < -0.3 is 4.74 Å². The van der Waals surface area contributed by atoms with Crippen molar-refractivity contribution in [2.24, 2.45) is 5.41 Å². The molecule has 0 fully saturated rings. The van der Waals surface area contributed by atoms with Crippen molar-refractivity contribution in [3.8, 4) is 5.69 Å². The summed E-state index contributed by atoms with van der Waals surface area (Å²) in [5, 5.41) is 4.38. The lowest BCUT2D eigenvalue weighted by atomic mass is 9.70. The summed E-state index contributed by atoms with van der Waals surface area (Å²) in [4.78, 5) is 0. The quantitative estimate of drug-likeness (QED) is 0.480. The molecule has 0 spiro atoms. The Morgan fingerprint density at radius 2 is 1.93 bits per heavy atom. The van der Waals surface area contributed by atoms with E-state index in [0.717, 1.165) is 41.8 Å². The number of aromatic nitrogens is 2. The smallest absolute Gasteiger partial charge is 0.149 e. The lowest BCUT2D eigenvalue weighted by Gasteiger charge is -2.37. The maximum absolute atomic E-state index is 14.3. The molecule has 0 radical (unpaired) electrons. The third-order valence-corrected chi connectivity index (χ3v) is 6.08. The standard InChI is InChI=1S/C25H26F2N2O/c1-4-30-24(18-8-6-5-7-9-18)15-25(3)14-19-16-28-29(22(19)12-17(25)2)23-13-20(26)10-11-21(23)27/h5-13,16,24H,4,14-15H2,1-3H3/t24-,25-/m1/s1. The monoisotopic (exact) mass is 408 g/mol. The second-order valence-electron chi connectivity index (χ2n) is 8.19. The zero-order chi connectivity index (χ0) is 21.3. The van der Waals surface area contributed by atoms with E-state index in [2.05, 4.69) is 31.1 Å². The fraction of sp³-hybridized carbons (Fsp3) is 0.320. The summed E-state index contributed by atoms with van der Waals surface area (Å²) >= 11 is 0. The van der Waals surface area contributed by atoms with Gasteiger partial charge in [0, 0.05) is 12.7 Å². The number of fused-ring (bicyclic) bond motifs is 1. The predicted octanol–water partition coefficient (Wildman–Crippen LogP) is 6.28. The van der Waals surface area contributed by atoms with Crippen molar-refractivity contribution in [2.45, 2.75) is 39.7 Å². The van der Waals surface area contributed by atoms with E-state index in [4.69, 9.17) is 4.74 Å². The Morgan fingerprint density at radius 1 is 1.17 bits per heavy atom. The van der Waals surface area contributed by atoms with E-state index >= 15 is 0 Å². The molecular weight excluding hydrogens is 382 g/mol. The van der Waals surface area contributed by atoms with Gasteiger partial charge in [-0.15, -0.1) is 0 Å². The number of ether oxygens (including phenoxy) is 1. The van der Waals surface area contributed by atoms with Crippen LogP contribution in [0.3, 0.4) is 0 Å². The van der Waals surface area contributed by atoms with Crippen LogP contribution in [-0.4, -0.2) is 16.4 Å². The number of hydrogen-bond donors (Lipinski definition) is 0. The molecule has 1 aliphatic rings. The Balaban J connectivity index is 1.67. The van der Waals surface area contributed by atoms with E-state index in [-0.39, 0.29) is 17.2 Å². The van der Waals surface area contributed by atoms with Crippen LogP contribution >= 0.6 is 0 Å². The Morgan fingerprint density at radius 3 is 2.67 bits per heavy atom. The van der Waals surface area contributed by atoms with E-state index in [1.54, 1.807) is 6.20 Å². The maximum atomic E-state index is 14.3. The Bertz CT molecular complexity index is 1070. The summed E-state index contributed by atoms with van der Waals surface area (Å²) in [6, 6.07) is 13.7. The summed E-state index contributed by atoms with van der Waals surface area (Å²) in [6.45, 7) is 6.98. The van der Waals surface area contributed by atoms with Gasteiger partial charge in [0.2, 0.25) is 0 Å². The summed E-state index contributed by atoms with van der Waals surface area (Å²) in [5.74, 6) is -0.985. The fourth-order valence-electron chi connectivity index (χ4n) is 4.25. The number of halogens is 2. The molecule has 4 rings (SSSR count). The maximum Gasteiger partial charge on any atom is 0.149 e. The first-order valence-corrected chi connectivity index (χ1v) is 10.3. The molecule has 3 aromatic rings. The van der Waals surface area contributed by atoms with Crippen LogP contribution in [-0.2, 0) is 11.2 Å². The first kappa shape index (κ1) is 20.5. The van der Waals surface area contributed by atoms with E-state index in [0.29, 0.717) is 6.61 Å². The lowest BCUT2D eigenvalue weighted by Crippen LogP contribution is -2.28. The van der Waals surface area contributed by atoms with E-state index in [1.807, 2.05) is 31.2 Å². The largest absolute Gasteiger partial charge is 0.374 e. The Kier molecular flexibility index (Phi) is 5.56. The van der Waals surface area contributed by atoms with Crippen LogP contribution in [0.1, 0.15) is 50.1 Å². The first-order valence-electron chi connectivity index (χ1n) is 10.3. The molecule has 3 nitrogen and oxygen atoms in total. The zero-order valence-electron chi connectivity index (χ0n) is 17.5. The van der Waals surface area contributed by atoms with Gasteiger partial charge in [-0.05, 0) is 61.4 Å². The van der Waals surface area contributed by atoms with Gasteiger partial charge in [0.1, 0.15) is 17.3 Å². The van der Waals surface area contributed by atoms with Crippen molar-refractivity contribution >= 4 is 6.08 Å². The van der Waals surface area contributed by atoms with Gasteiger partial charge in [-0.2, -0.15) is 5.10 Å². The van der Waals surface area contributed by atoms with Gasteiger partial charge >= 0.3 is 0 Å². The van der Waals surface area contributed by atoms with Crippen LogP contribution in [0.4, 0.5) is 8.78 Å². The molecule has 2 atom stereocenters. The number of allylic oxidation sites excluding steroid dienone is 1. The molecule has 2 aromatic carbocycles. The van der Waals surface area contributed by atoms with Crippen molar-refractivity contribution in [3.05, 3.63) is 88.8 Å². The van der Waals surface area contributed by atoms with E-state index in [1.165, 1.54) is 16.3 Å². The van der Waals surface area contributed by atoms with Crippen molar-refractivity contribution in [1.82, 2.24) is 9.78 Å². The fourth-order valence-corrected chi connectivity index (χ4v) is 4.25. The van der Waals surface area contributed by atoms with Crippen molar-refractivity contribution in [3.63, 3.8) is 0 Å². The minimum atomic E-state index is -0.498. The summed E-state index contributed by atoms with van der Waals surface area (Å²) in [6.07, 6.45) is 5.38. The normalized spacial score (nSPS) is 19.3. The summed E-state index contributed by atoms with van der Waals surface area (Å²) in [5.41, 5.74) is 4.17. The highest BCUT2D eigenvalue weighted by atomic mass is 19.1. The molecule has 1 heterocycles. The minimum absolute atomic E-state index is 0.0122. The molecule has 1 aromatic heterocycles. The molecule has 0 unspecified atom stereocenters. The van der Waals surface area contributed by atoms with Gasteiger partial charge in [-0.1, -0.05) is 42.8 Å². The van der Waals surface area contributed by atoms with Gasteiger partial charge in [0.25, 0.3) is 0 Å². The topological polar surface area (TPSA) is 27.1 Å². The second kappa shape index (κ2) is 8.15. The SMILES string of the molecule is CCO[C@H](C[C@@]1(C)Cc2cnn(-c3cc(F)ccc3F)c2C=C1C)c1ccccc1. The van der Waals surface area contributed by atoms with Crippen molar-refractivity contribution in [1.29, 1.82) is 0 Å². The summed E-state index contributed by atoms with van der Waals surface area (Å²) in [7, 11) is 0. The number of nitrogens with zero attached hydrogens (tertiary/aromatic N) is 2. The van der Waals surface area contributed by atoms with Crippen LogP contribution in [0.5, 0.6) is 0 Å². The first-order chi connectivity index (χ1) is 14.4. The van der Waals surface area contributed by atoms with Crippen molar-refractivity contribution in [2.75, 3.05) is 6.61 Å². The van der Waals surface area contributed by atoms with Gasteiger partial charge in [0.05, 0.1) is 18.0 Å². The molecule has 0 saturated heterocycles. The highest BCUT2D eigenvalue weighted by molar-refractivity contribution is 5.60. The molecule has 30 heavy (non-hydrogen) atoms. The third kappa shape index (κ3) is 3.82. The lowest BCUT2D eigenvalue weighted by molar-refractivity contribution is 0.0324. The predicted molar refractivity (Wildman–Crippen MR) is 114 cm³/mol. The molecule has 0 bridgehead atoms. The third-order valence-electron chi connectivity index (χ3n) is 6.08. The average Bonchev–Trinajstić information content (AvgIpc) is 3.12. The molecule has 1 aliphatic carbocycles. The number of benzene rings is 2. The van der Waals surface area contributed by atoms with Crippen molar-refractivity contribution < 1.29 is 13.5 Å². The van der Waals surface area contributed by atoms with Gasteiger partial charge in [-0.25, -0.2) is 13.5 Å². The second-order valence-corrected chi connectivity index (χ2v) is 8.19. The van der Waals surface area contributed by atoms with Crippen LogP contribution in [0.15, 0.2) is 60.3 Å². The highest BCUT2D eigenvalue weighted by Crippen LogP contribution is 2.45. The zero-order valence-corrected chi connectivity index (χ0v) is 17.5. The minimum Gasteiger partial charge on any atom is -0.374 e. The van der Waals surface area contributed by atoms with Gasteiger partial charge in [-0.3, -0.25) is 0 Å². The summed E-state index contributed by atoms with van der Waals surface area (Å²) < 4.78 is 35.6. The van der Waals surface area contributed by atoms with Gasteiger partial charge in [0.15, 0.2) is 0 Å². The van der Waals surface area contributed by atoms with E-state index in [9.17, 15) is 8.78 Å². The molecule has 0 N–H and O–H groups in total. The number of rotatable bonds is 6. The Labute approximate surface area is 176 Å². The molecular formula is C25H26F2N2O. The molecule has 5 heteroatoms. The van der Waals surface area contributed by atoms with E-state index < -0.39 is 11.6 Å². The van der Waals surface area contributed by atoms with Crippen LogP contribution < -0.4 is 0 Å². The molecule has 0 amide bonds. The molecule has 0 saturated carbocycles. The average molecular weight is 408 g/mol. The molecule has 156 valence electrons. The van der Waals surface area contributed by atoms with Crippen LogP contribution in [0.25, 0.3) is 11.8 Å². The molecule has 0 aliphatic heterocycles. The van der Waals surface area contributed by atoms with Crippen LogP contribution in [0.2, 0.25) is 0 Å². The Hall–Kier alpha value is -2.79. The van der Waals surface area contributed by atoms with Crippen LogP contribution in [0, 0.1) is 17.0 Å². The highest BCUT2D eigenvalue weighted by Gasteiger charge is 2.36.